The summed E-state index contributed by atoms with van der Waals surface area (Å²) in [6.07, 6.45) is 3.03. The van der Waals surface area contributed by atoms with Crippen LogP contribution < -0.4 is 19.7 Å². The highest BCUT2D eigenvalue weighted by atomic mass is 16.5. The summed E-state index contributed by atoms with van der Waals surface area (Å²) in [6.45, 7) is 3.18. The molecule has 2 aliphatic heterocycles. The van der Waals surface area contributed by atoms with E-state index in [1.807, 2.05) is 18.2 Å². The van der Waals surface area contributed by atoms with Crippen molar-refractivity contribution in [3.8, 4) is 11.5 Å². The third kappa shape index (κ3) is 5.17. The van der Waals surface area contributed by atoms with Gasteiger partial charge in [-0.05, 0) is 35.9 Å². The van der Waals surface area contributed by atoms with Gasteiger partial charge in [0.15, 0.2) is 18.0 Å². The van der Waals surface area contributed by atoms with Crippen LogP contribution in [-0.4, -0.2) is 45.3 Å². The molecule has 2 atom stereocenters. The summed E-state index contributed by atoms with van der Waals surface area (Å²) < 4.78 is 16.3. The van der Waals surface area contributed by atoms with Gasteiger partial charge < -0.3 is 24.4 Å². The van der Waals surface area contributed by atoms with Gasteiger partial charge in [0.2, 0.25) is 0 Å². The zero-order chi connectivity index (χ0) is 21.6. The maximum absolute atomic E-state index is 12.6. The summed E-state index contributed by atoms with van der Waals surface area (Å²) in [4.78, 5) is 25.4. The molecule has 4 rings (SSSR count). The monoisotopic (exact) mass is 425 g/mol. The average molecular weight is 426 g/mol. The number of fused-ring (bicyclic) bond motifs is 1. The van der Waals surface area contributed by atoms with E-state index in [1.165, 1.54) is 17.6 Å². The van der Waals surface area contributed by atoms with Crippen molar-refractivity contribution in [1.29, 1.82) is 0 Å². The molecule has 31 heavy (non-hydrogen) atoms. The first-order chi connectivity index (χ1) is 15.1. The number of methoxy groups -OCH3 is 1. The normalized spacial score (nSPS) is 20.0. The second-order valence-electron chi connectivity index (χ2n) is 8.00. The van der Waals surface area contributed by atoms with Gasteiger partial charge in [-0.3, -0.25) is 4.79 Å². The van der Waals surface area contributed by atoms with Crippen LogP contribution in [0.2, 0.25) is 0 Å². The average Bonchev–Trinajstić information content (AvgIpc) is 3.12. The van der Waals surface area contributed by atoms with Crippen LogP contribution in [-0.2, 0) is 16.1 Å². The van der Waals surface area contributed by atoms with Gasteiger partial charge in [0.05, 0.1) is 32.4 Å². The molecule has 0 bridgehead atoms. The van der Waals surface area contributed by atoms with E-state index in [9.17, 15) is 9.59 Å². The molecule has 2 aromatic rings. The molecule has 2 N–H and O–H groups in total. The number of ether oxygens (including phenoxy) is 3. The predicted octanol–water partition coefficient (Wildman–Crippen LogP) is 1.67. The van der Waals surface area contributed by atoms with Crippen molar-refractivity contribution in [2.75, 3.05) is 33.4 Å². The largest absolute Gasteiger partial charge is 0.490 e. The van der Waals surface area contributed by atoms with Crippen LogP contribution >= 0.6 is 0 Å². The second-order valence-corrected chi connectivity index (χ2v) is 8.00. The molecule has 7 nitrogen and oxygen atoms in total. The van der Waals surface area contributed by atoms with E-state index in [1.54, 1.807) is 12.1 Å². The molecular weight excluding hydrogens is 396 g/mol. The zero-order valence-electron chi connectivity index (χ0n) is 17.8. The summed E-state index contributed by atoms with van der Waals surface area (Å²) in [5.74, 6) is 1.26. The third-order valence-electron chi connectivity index (χ3n) is 5.91. The summed E-state index contributed by atoms with van der Waals surface area (Å²) in [7, 11) is 1.36. The molecule has 7 heteroatoms. The molecule has 1 saturated heterocycles. The molecule has 0 radical (unpaired) electrons. The highest BCUT2D eigenvalue weighted by molar-refractivity contribution is 5.89. The van der Waals surface area contributed by atoms with Crippen molar-refractivity contribution >= 4 is 11.9 Å². The van der Waals surface area contributed by atoms with Crippen LogP contribution in [0.1, 0.15) is 46.8 Å². The Balaban J connectivity index is 1.33. The van der Waals surface area contributed by atoms with Crippen LogP contribution in [0, 0.1) is 0 Å². The molecule has 0 aromatic heterocycles. The van der Waals surface area contributed by atoms with Crippen LogP contribution in [0.4, 0.5) is 0 Å². The first-order valence-electron chi connectivity index (χ1n) is 10.8. The molecule has 0 aliphatic carbocycles. The minimum Gasteiger partial charge on any atom is -0.490 e. The number of carbonyl (C=O) groups is 2. The van der Waals surface area contributed by atoms with Crippen molar-refractivity contribution in [1.82, 2.24) is 5.32 Å². The summed E-state index contributed by atoms with van der Waals surface area (Å²) in [6, 6.07) is 13.5. The highest BCUT2D eigenvalue weighted by Crippen LogP contribution is 2.33. The topological polar surface area (TPSA) is 78.3 Å². The van der Waals surface area contributed by atoms with Gasteiger partial charge in [0.1, 0.15) is 6.04 Å². The Hall–Kier alpha value is -3.06. The fraction of sp³-hybridized carbons (Fsp3) is 0.417. The zero-order valence-corrected chi connectivity index (χ0v) is 17.8. The first-order valence-corrected chi connectivity index (χ1v) is 10.8. The maximum Gasteiger partial charge on any atom is 0.337 e. The number of quaternary nitrogens is 1. The Labute approximate surface area is 182 Å². The molecule has 164 valence electrons. The van der Waals surface area contributed by atoms with Crippen molar-refractivity contribution in [2.24, 2.45) is 0 Å². The Kier molecular flexibility index (Phi) is 6.72. The van der Waals surface area contributed by atoms with Gasteiger partial charge in [-0.15, -0.1) is 0 Å². The van der Waals surface area contributed by atoms with Gasteiger partial charge >= 0.3 is 5.97 Å². The number of esters is 1. The molecule has 1 unspecified atom stereocenters. The summed E-state index contributed by atoms with van der Waals surface area (Å²) in [5, 5.41) is 3.00. The van der Waals surface area contributed by atoms with Crippen molar-refractivity contribution in [3.05, 3.63) is 59.2 Å². The quantitative estimate of drug-likeness (QED) is 0.689. The van der Waals surface area contributed by atoms with E-state index in [0.717, 1.165) is 42.9 Å². The molecule has 1 fully saturated rings. The number of rotatable bonds is 6. The van der Waals surface area contributed by atoms with Gasteiger partial charge in [-0.25, -0.2) is 4.79 Å². The molecule has 2 aromatic carbocycles. The minimum absolute atomic E-state index is 0.0216. The fourth-order valence-corrected chi connectivity index (χ4v) is 4.27. The van der Waals surface area contributed by atoms with E-state index < -0.39 is 0 Å². The summed E-state index contributed by atoms with van der Waals surface area (Å²) >= 11 is 0. The van der Waals surface area contributed by atoms with Crippen LogP contribution in [0.5, 0.6) is 11.5 Å². The number of amides is 1. The number of nitrogens with one attached hydrogen (secondary N) is 2. The van der Waals surface area contributed by atoms with E-state index in [2.05, 4.69) is 17.4 Å². The molecule has 0 saturated carbocycles. The van der Waals surface area contributed by atoms with Crippen LogP contribution in [0.25, 0.3) is 0 Å². The smallest absolute Gasteiger partial charge is 0.337 e. The number of likely N-dealkylation sites (tertiary alicyclic amines) is 1. The Morgan fingerprint density at radius 1 is 1.06 bits per heavy atom. The third-order valence-corrected chi connectivity index (χ3v) is 5.91. The molecule has 1 amide bonds. The number of carbonyl (C=O) groups excluding carboxylic acids is 2. The lowest BCUT2D eigenvalue weighted by Gasteiger charge is -2.22. The summed E-state index contributed by atoms with van der Waals surface area (Å²) in [5.41, 5.74) is 2.64. The fourth-order valence-electron chi connectivity index (χ4n) is 4.27. The minimum atomic E-state index is -0.367. The van der Waals surface area contributed by atoms with Crippen molar-refractivity contribution in [2.45, 2.75) is 31.8 Å². The van der Waals surface area contributed by atoms with Crippen LogP contribution in [0.15, 0.2) is 42.5 Å². The van der Waals surface area contributed by atoms with Gasteiger partial charge in [-0.1, -0.05) is 12.1 Å². The Morgan fingerprint density at radius 2 is 1.84 bits per heavy atom. The Morgan fingerprint density at radius 3 is 2.61 bits per heavy atom. The number of hydrogen-bond acceptors (Lipinski definition) is 5. The molecular formula is C24H29N2O5+. The predicted molar refractivity (Wildman–Crippen MR) is 114 cm³/mol. The lowest BCUT2D eigenvalue weighted by atomic mass is 10.0. The van der Waals surface area contributed by atoms with E-state index in [-0.39, 0.29) is 17.9 Å². The highest BCUT2D eigenvalue weighted by Gasteiger charge is 2.32. The lowest BCUT2D eigenvalue weighted by Crippen LogP contribution is -3.11. The van der Waals surface area contributed by atoms with Crippen molar-refractivity contribution < 1.29 is 28.7 Å². The van der Waals surface area contributed by atoms with E-state index in [0.29, 0.717) is 31.9 Å². The number of benzene rings is 2. The number of hydrogen-bond donors (Lipinski definition) is 2. The molecule has 0 spiro atoms. The van der Waals surface area contributed by atoms with E-state index >= 15 is 0 Å². The van der Waals surface area contributed by atoms with Gasteiger partial charge in [-0.2, -0.15) is 0 Å². The SMILES string of the molecule is COC(=O)c1ccc(CNC(=O)C[NH+]2CCC[C@H]2c2ccc3c(c2)OCCCO3)cc1. The van der Waals surface area contributed by atoms with Crippen LogP contribution in [0.3, 0.4) is 0 Å². The van der Waals surface area contributed by atoms with Crippen molar-refractivity contribution in [3.63, 3.8) is 0 Å². The lowest BCUT2D eigenvalue weighted by molar-refractivity contribution is -0.910. The molecule has 2 aliphatic rings. The molecule has 2 heterocycles. The van der Waals surface area contributed by atoms with Gasteiger partial charge in [0.25, 0.3) is 5.91 Å². The standard InChI is InChI=1S/C24H28N2O5/c1-29-24(28)18-7-5-17(6-8-18)15-25-23(27)16-26-11-2-4-20(26)19-9-10-21-22(14-19)31-13-3-12-30-21/h5-10,14,20H,2-4,11-13,15-16H2,1H3,(H,25,27)/p+1/t20-/m0/s1. The second kappa shape index (κ2) is 9.83. The maximum atomic E-state index is 12.6. The Bertz CT molecular complexity index is 928. The van der Waals surface area contributed by atoms with E-state index in [4.69, 9.17) is 14.2 Å². The van der Waals surface area contributed by atoms with Gasteiger partial charge in [0, 0.05) is 31.4 Å². The first kappa shape index (κ1) is 21.2.